The number of hydrogen-bond acceptors (Lipinski definition) is 5. The molecule has 0 radical (unpaired) electrons. The maximum absolute atomic E-state index is 13.5. The molecular weight excluding hydrogens is 578 g/mol. The fraction of sp³-hybridized carbons (Fsp3) is 0.467. The molecule has 2 atom stereocenters. The second-order valence-electron chi connectivity index (χ2n) is 10.9. The number of benzene rings is 2. The summed E-state index contributed by atoms with van der Waals surface area (Å²) in [6.45, 7) is 2.89. The summed E-state index contributed by atoms with van der Waals surface area (Å²) in [5, 5.41) is 11.6. The molecule has 1 N–H and O–H groups in total. The number of carbonyl (C=O) groups excluding carboxylic acids is 1. The van der Waals surface area contributed by atoms with Gasteiger partial charge < -0.3 is 14.7 Å². The Morgan fingerprint density at radius 3 is 2.44 bits per heavy atom. The molecule has 0 spiro atoms. The van der Waals surface area contributed by atoms with Gasteiger partial charge in [0.25, 0.3) is 5.91 Å². The van der Waals surface area contributed by atoms with E-state index in [1.807, 2.05) is 18.2 Å². The second kappa shape index (κ2) is 12.3. The topological polar surface area (TPSA) is 65.9 Å². The molecule has 6 nitrogen and oxygen atoms in total. The summed E-state index contributed by atoms with van der Waals surface area (Å²) in [5.74, 6) is 0.427. The molecule has 220 valence electrons. The molecule has 2 aliphatic heterocycles. The van der Waals surface area contributed by atoms with Gasteiger partial charge in [-0.2, -0.15) is 13.2 Å². The van der Waals surface area contributed by atoms with Crippen molar-refractivity contribution in [3.63, 3.8) is 0 Å². The molecule has 2 fully saturated rings. The maximum atomic E-state index is 13.5. The van der Waals surface area contributed by atoms with Gasteiger partial charge >= 0.3 is 6.18 Å². The summed E-state index contributed by atoms with van der Waals surface area (Å²) in [6.07, 6.45) is -1.25. The number of halogens is 5. The van der Waals surface area contributed by atoms with E-state index in [-0.39, 0.29) is 29.7 Å². The minimum absolute atomic E-state index is 0.0156. The van der Waals surface area contributed by atoms with Gasteiger partial charge in [-0.25, -0.2) is 4.98 Å². The number of hydrogen-bond donors (Lipinski definition) is 1. The molecular formula is C30H32Cl2F3N3O3. The van der Waals surface area contributed by atoms with Crippen LogP contribution in [0, 0.1) is 11.8 Å². The summed E-state index contributed by atoms with van der Waals surface area (Å²) in [5.41, 5.74) is 0.403. The summed E-state index contributed by atoms with van der Waals surface area (Å²) < 4.78 is 45.1. The standard InChI is InChI=1S/C30H32Cl2F3N3O3/c1-41-26-6-3-23(22-4-7-27(30(33,34)35)36-28(22)26)29(40)37-12-9-21(10-13-37)38-11-8-19(20(16-38)17-39)14-18-2-5-24(31)25(32)15-18/h2-7,15,19-21,39H,8-14,16-17H2,1H3/t19-,20+/m1/s1. The fourth-order valence-electron chi connectivity index (χ4n) is 6.19. The summed E-state index contributed by atoms with van der Waals surface area (Å²) in [6, 6.07) is 11.3. The van der Waals surface area contributed by atoms with E-state index in [1.165, 1.54) is 19.2 Å². The van der Waals surface area contributed by atoms with Crippen LogP contribution in [0.3, 0.4) is 0 Å². The first-order chi connectivity index (χ1) is 19.6. The molecule has 41 heavy (non-hydrogen) atoms. The quantitative estimate of drug-likeness (QED) is 0.353. The normalized spacial score (nSPS) is 20.9. The number of aliphatic hydroxyl groups excluding tert-OH is 1. The van der Waals surface area contributed by atoms with Gasteiger partial charge in [0, 0.05) is 43.2 Å². The van der Waals surface area contributed by atoms with E-state index in [1.54, 1.807) is 11.0 Å². The summed E-state index contributed by atoms with van der Waals surface area (Å²) in [4.78, 5) is 21.5. The Hall–Kier alpha value is -2.59. The Morgan fingerprint density at radius 1 is 1.02 bits per heavy atom. The third-order valence-electron chi connectivity index (χ3n) is 8.47. The van der Waals surface area contributed by atoms with E-state index in [2.05, 4.69) is 9.88 Å². The van der Waals surface area contributed by atoms with Crippen LogP contribution >= 0.6 is 23.2 Å². The molecule has 1 aromatic heterocycles. The van der Waals surface area contributed by atoms with Gasteiger partial charge in [0.1, 0.15) is 17.0 Å². The number of methoxy groups -OCH3 is 1. The minimum atomic E-state index is -4.60. The number of nitrogens with zero attached hydrogens (tertiary/aromatic N) is 3. The molecule has 5 rings (SSSR count). The van der Waals surface area contributed by atoms with Crippen LogP contribution < -0.4 is 4.74 Å². The summed E-state index contributed by atoms with van der Waals surface area (Å²) >= 11 is 12.3. The fourth-order valence-corrected chi connectivity index (χ4v) is 6.51. The number of pyridine rings is 1. The number of carbonyl (C=O) groups is 1. The van der Waals surface area contributed by atoms with Crippen LogP contribution in [0.5, 0.6) is 5.75 Å². The van der Waals surface area contributed by atoms with Crippen LogP contribution in [0.2, 0.25) is 10.0 Å². The third kappa shape index (κ3) is 6.43. The van der Waals surface area contributed by atoms with Crippen molar-refractivity contribution in [3.05, 3.63) is 69.3 Å². The molecule has 0 unspecified atom stereocenters. The van der Waals surface area contributed by atoms with Crippen molar-refractivity contribution in [2.24, 2.45) is 11.8 Å². The molecule has 2 aliphatic rings. The number of ether oxygens (including phenoxy) is 1. The van der Waals surface area contributed by atoms with E-state index in [9.17, 15) is 23.1 Å². The number of aromatic nitrogens is 1. The summed E-state index contributed by atoms with van der Waals surface area (Å²) in [7, 11) is 1.36. The van der Waals surface area contributed by atoms with Crippen molar-refractivity contribution in [3.8, 4) is 5.75 Å². The maximum Gasteiger partial charge on any atom is 0.433 e. The third-order valence-corrected chi connectivity index (χ3v) is 9.21. The predicted molar refractivity (Wildman–Crippen MR) is 153 cm³/mol. The zero-order valence-corrected chi connectivity index (χ0v) is 24.1. The first kappa shape index (κ1) is 29.9. The average molecular weight is 611 g/mol. The van der Waals surface area contributed by atoms with Gasteiger partial charge in [0.2, 0.25) is 0 Å². The van der Waals surface area contributed by atoms with Crippen LogP contribution in [-0.2, 0) is 12.6 Å². The van der Waals surface area contributed by atoms with Crippen molar-refractivity contribution in [2.45, 2.75) is 37.9 Å². The number of fused-ring (bicyclic) bond motifs is 1. The molecule has 0 saturated carbocycles. The molecule has 3 heterocycles. The number of likely N-dealkylation sites (tertiary alicyclic amines) is 2. The van der Waals surface area contributed by atoms with E-state index < -0.39 is 11.9 Å². The Bertz CT molecular complexity index is 1410. The van der Waals surface area contributed by atoms with Gasteiger partial charge in [-0.3, -0.25) is 9.69 Å². The monoisotopic (exact) mass is 609 g/mol. The first-order valence-electron chi connectivity index (χ1n) is 13.7. The van der Waals surface area contributed by atoms with Crippen molar-refractivity contribution in [2.75, 3.05) is 39.9 Å². The average Bonchev–Trinajstić information content (AvgIpc) is 2.97. The molecule has 0 bridgehead atoms. The second-order valence-corrected chi connectivity index (χ2v) is 11.7. The van der Waals surface area contributed by atoms with Gasteiger partial charge in [-0.1, -0.05) is 29.3 Å². The van der Waals surface area contributed by atoms with E-state index in [0.717, 1.165) is 50.4 Å². The van der Waals surface area contributed by atoms with Gasteiger partial charge in [-0.15, -0.1) is 0 Å². The van der Waals surface area contributed by atoms with Crippen LogP contribution in [-0.4, -0.2) is 71.7 Å². The first-order valence-corrected chi connectivity index (χ1v) is 14.5. The van der Waals surface area contributed by atoms with E-state index in [4.69, 9.17) is 27.9 Å². The lowest BCUT2D eigenvalue weighted by molar-refractivity contribution is -0.140. The zero-order chi connectivity index (χ0) is 29.3. The highest BCUT2D eigenvalue weighted by Crippen LogP contribution is 2.35. The SMILES string of the molecule is COc1ccc(C(=O)N2CCC(N3CC[C@H](Cc4ccc(Cl)c(Cl)c4)[C@H](CO)C3)CC2)c2ccc(C(F)(F)F)nc12. The lowest BCUT2D eigenvalue weighted by atomic mass is 9.80. The molecule has 2 saturated heterocycles. The molecule has 0 aliphatic carbocycles. The molecule has 11 heteroatoms. The lowest BCUT2D eigenvalue weighted by Gasteiger charge is -2.44. The van der Waals surface area contributed by atoms with Crippen LogP contribution in [0.4, 0.5) is 13.2 Å². The van der Waals surface area contributed by atoms with Crippen LogP contribution in [0.25, 0.3) is 10.9 Å². The highest BCUT2D eigenvalue weighted by molar-refractivity contribution is 6.42. The van der Waals surface area contributed by atoms with Crippen molar-refractivity contribution >= 4 is 40.0 Å². The zero-order valence-electron chi connectivity index (χ0n) is 22.6. The number of piperidine rings is 2. The van der Waals surface area contributed by atoms with Gasteiger partial charge in [0.15, 0.2) is 0 Å². The highest BCUT2D eigenvalue weighted by atomic mass is 35.5. The molecule has 3 aromatic rings. The number of aliphatic hydroxyl groups is 1. The predicted octanol–water partition coefficient (Wildman–Crippen LogP) is 6.35. The van der Waals surface area contributed by atoms with Gasteiger partial charge in [0.05, 0.1) is 17.2 Å². The number of amides is 1. The largest absolute Gasteiger partial charge is 0.494 e. The molecule has 1 amide bonds. The Morgan fingerprint density at radius 2 is 1.78 bits per heavy atom. The van der Waals surface area contributed by atoms with Crippen molar-refractivity contribution < 1.29 is 27.8 Å². The van der Waals surface area contributed by atoms with E-state index in [0.29, 0.717) is 46.0 Å². The lowest BCUT2D eigenvalue weighted by Crippen LogP contribution is -2.52. The van der Waals surface area contributed by atoms with Crippen LogP contribution in [0.15, 0.2) is 42.5 Å². The Kier molecular flexibility index (Phi) is 8.99. The van der Waals surface area contributed by atoms with E-state index >= 15 is 0 Å². The Labute approximate surface area is 247 Å². The smallest absolute Gasteiger partial charge is 0.433 e. The van der Waals surface area contributed by atoms with Crippen molar-refractivity contribution in [1.29, 1.82) is 0 Å². The van der Waals surface area contributed by atoms with Crippen molar-refractivity contribution in [1.82, 2.24) is 14.8 Å². The van der Waals surface area contributed by atoms with Crippen LogP contribution in [0.1, 0.15) is 40.9 Å². The highest BCUT2D eigenvalue weighted by Gasteiger charge is 2.36. The minimum Gasteiger partial charge on any atom is -0.494 e. The Balaban J connectivity index is 1.23. The molecule has 2 aromatic carbocycles. The number of rotatable bonds is 6. The number of alkyl halides is 3. The van der Waals surface area contributed by atoms with Gasteiger partial charge in [-0.05, 0) is 86.0 Å².